The number of amides is 1. The van der Waals surface area contributed by atoms with Crippen molar-refractivity contribution in [3.05, 3.63) is 108 Å². The van der Waals surface area contributed by atoms with Crippen LogP contribution in [-0.4, -0.2) is 10.9 Å². The maximum Gasteiger partial charge on any atom is 0.257 e. The molecule has 5 aromatic rings. The van der Waals surface area contributed by atoms with Crippen molar-refractivity contribution in [3.8, 4) is 22.8 Å². The second kappa shape index (κ2) is 8.42. The number of anilines is 1. The number of benzene rings is 4. The SMILES string of the molecule is O=C(Nc1nc(-c2ccc(Oc3ccccc3)cc2)cs1)c1ccc2ccccc2c1. The summed E-state index contributed by atoms with van der Waals surface area (Å²) >= 11 is 1.40. The van der Waals surface area contributed by atoms with Gasteiger partial charge in [0.05, 0.1) is 5.69 Å². The lowest BCUT2D eigenvalue weighted by atomic mass is 10.1. The van der Waals surface area contributed by atoms with E-state index in [2.05, 4.69) is 10.3 Å². The van der Waals surface area contributed by atoms with Crippen LogP contribution < -0.4 is 10.1 Å². The molecule has 0 saturated carbocycles. The maximum absolute atomic E-state index is 12.7. The molecule has 1 amide bonds. The molecule has 150 valence electrons. The Morgan fingerprint density at radius 1 is 0.774 bits per heavy atom. The predicted molar refractivity (Wildman–Crippen MR) is 126 cm³/mol. The zero-order valence-electron chi connectivity index (χ0n) is 16.5. The number of thiazole rings is 1. The fourth-order valence-corrected chi connectivity index (χ4v) is 4.00. The van der Waals surface area contributed by atoms with Gasteiger partial charge in [0.15, 0.2) is 5.13 Å². The Kier molecular flexibility index (Phi) is 5.17. The summed E-state index contributed by atoms with van der Waals surface area (Å²) in [5, 5.41) is 7.54. The molecule has 0 saturated heterocycles. The van der Waals surface area contributed by atoms with E-state index in [1.54, 1.807) is 0 Å². The summed E-state index contributed by atoms with van der Waals surface area (Å²) in [4.78, 5) is 17.2. The van der Waals surface area contributed by atoms with Gasteiger partial charge in [-0.2, -0.15) is 0 Å². The number of ether oxygens (including phenoxy) is 1. The summed E-state index contributed by atoms with van der Waals surface area (Å²) in [7, 11) is 0. The third-order valence-corrected chi connectivity index (χ3v) is 5.62. The molecule has 5 heteroatoms. The molecule has 0 unspecified atom stereocenters. The largest absolute Gasteiger partial charge is 0.457 e. The van der Waals surface area contributed by atoms with Crippen molar-refractivity contribution >= 4 is 33.1 Å². The first-order chi connectivity index (χ1) is 15.2. The minimum atomic E-state index is -0.168. The van der Waals surface area contributed by atoms with Crippen molar-refractivity contribution in [2.45, 2.75) is 0 Å². The smallest absolute Gasteiger partial charge is 0.257 e. The number of nitrogens with one attached hydrogen (secondary N) is 1. The van der Waals surface area contributed by atoms with Crippen LogP contribution in [0.25, 0.3) is 22.0 Å². The second-order valence-corrected chi connectivity index (χ2v) is 7.85. The molecule has 0 radical (unpaired) electrons. The minimum absolute atomic E-state index is 0.168. The lowest BCUT2D eigenvalue weighted by Gasteiger charge is -2.06. The van der Waals surface area contributed by atoms with Gasteiger partial charge in [-0.25, -0.2) is 4.98 Å². The first-order valence-electron chi connectivity index (χ1n) is 9.84. The highest BCUT2D eigenvalue weighted by atomic mass is 32.1. The Morgan fingerprint density at radius 3 is 2.29 bits per heavy atom. The molecule has 0 aliphatic rings. The molecule has 1 N–H and O–H groups in total. The average molecular weight is 423 g/mol. The minimum Gasteiger partial charge on any atom is -0.457 e. The van der Waals surface area contributed by atoms with Gasteiger partial charge >= 0.3 is 0 Å². The van der Waals surface area contributed by atoms with E-state index in [1.165, 1.54) is 11.3 Å². The number of hydrogen-bond acceptors (Lipinski definition) is 4. The second-order valence-electron chi connectivity index (χ2n) is 6.99. The molecule has 4 aromatic carbocycles. The van der Waals surface area contributed by atoms with E-state index in [-0.39, 0.29) is 5.91 Å². The summed E-state index contributed by atoms with van der Waals surface area (Å²) in [6, 6.07) is 31.1. The topological polar surface area (TPSA) is 51.2 Å². The van der Waals surface area contributed by atoms with Gasteiger partial charge in [0.25, 0.3) is 5.91 Å². The van der Waals surface area contributed by atoms with E-state index >= 15 is 0 Å². The van der Waals surface area contributed by atoms with Crippen molar-refractivity contribution in [1.29, 1.82) is 0 Å². The number of para-hydroxylation sites is 1. The van der Waals surface area contributed by atoms with E-state index in [0.29, 0.717) is 10.7 Å². The average Bonchev–Trinajstić information content (AvgIpc) is 3.28. The number of carbonyl (C=O) groups excluding carboxylic acids is 1. The van der Waals surface area contributed by atoms with Crippen LogP contribution in [0.4, 0.5) is 5.13 Å². The predicted octanol–water partition coefficient (Wildman–Crippen LogP) is 7.01. The fraction of sp³-hybridized carbons (Fsp3) is 0. The highest BCUT2D eigenvalue weighted by molar-refractivity contribution is 7.14. The molecular formula is C26H18N2O2S. The van der Waals surface area contributed by atoms with Gasteiger partial charge in [-0.05, 0) is 59.3 Å². The molecule has 1 heterocycles. The zero-order chi connectivity index (χ0) is 21.0. The van der Waals surface area contributed by atoms with Crippen LogP contribution in [0, 0.1) is 0 Å². The number of rotatable bonds is 5. The van der Waals surface area contributed by atoms with E-state index in [9.17, 15) is 4.79 Å². The van der Waals surface area contributed by atoms with Crippen molar-refractivity contribution in [3.63, 3.8) is 0 Å². The molecule has 0 atom stereocenters. The van der Waals surface area contributed by atoms with Gasteiger partial charge in [0, 0.05) is 16.5 Å². The van der Waals surface area contributed by atoms with E-state index < -0.39 is 0 Å². The summed E-state index contributed by atoms with van der Waals surface area (Å²) in [6.45, 7) is 0. The first kappa shape index (κ1) is 19.0. The van der Waals surface area contributed by atoms with Gasteiger partial charge in [-0.3, -0.25) is 10.1 Å². The fourth-order valence-electron chi connectivity index (χ4n) is 3.28. The van der Waals surface area contributed by atoms with Crippen molar-refractivity contribution in [2.75, 3.05) is 5.32 Å². The van der Waals surface area contributed by atoms with Gasteiger partial charge < -0.3 is 4.74 Å². The van der Waals surface area contributed by atoms with E-state index in [4.69, 9.17) is 4.74 Å². The third kappa shape index (κ3) is 4.32. The van der Waals surface area contributed by atoms with E-state index in [1.807, 2.05) is 102 Å². The number of carbonyl (C=O) groups is 1. The van der Waals surface area contributed by atoms with Crippen molar-refractivity contribution in [2.24, 2.45) is 0 Å². The highest BCUT2D eigenvalue weighted by Gasteiger charge is 2.11. The Bertz CT molecular complexity index is 1350. The lowest BCUT2D eigenvalue weighted by Crippen LogP contribution is -2.11. The van der Waals surface area contributed by atoms with Crippen LogP contribution >= 0.6 is 11.3 Å². The Hall–Kier alpha value is -3.96. The summed E-state index contributed by atoms with van der Waals surface area (Å²) in [6.07, 6.45) is 0. The van der Waals surface area contributed by atoms with Gasteiger partial charge in [-0.15, -0.1) is 11.3 Å². The quantitative estimate of drug-likeness (QED) is 0.331. The van der Waals surface area contributed by atoms with Crippen molar-refractivity contribution in [1.82, 2.24) is 4.98 Å². The number of aromatic nitrogens is 1. The Labute approximate surface area is 183 Å². The summed E-state index contributed by atoms with van der Waals surface area (Å²) in [5.41, 5.74) is 2.38. The highest BCUT2D eigenvalue weighted by Crippen LogP contribution is 2.28. The third-order valence-electron chi connectivity index (χ3n) is 4.87. The lowest BCUT2D eigenvalue weighted by molar-refractivity contribution is 0.102. The van der Waals surface area contributed by atoms with Crippen LogP contribution in [-0.2, 0) is 0 Å². The number of nitrogens with zero attached hydrogens (tertiary/aromatic N) is 1. The van der Waals surface area contributed by atoms with E-state index in [0.717, 1.165) is 33.5 Å². The van der Waals surface area contributed by atoms with Gasteiger partial charge in [0.2, 0.25) is 0 Å². The first-order valence-corrected chi connectivity index (χ1v) is 10.7. The van der Waals surface area contributed by atoms with Crippen LogP contribution in [0.5, 0.6) is 11.5 Å². The maximum atomic E-state index is 12.7. The van der Waals surface area contributed by atoms with Gasteiger partial charge in [0.1, 0.15) is 11.5 Å². The Morgan fingerprint density at radius 2 is 1.48 bits per heavy atom. The van der Waals surface area contributed by atoms with Crippen LogP contribution in [0.3, 0.4) is 0 Å². The molecule has 0 aliphatic carbocycles. The van der Waals surface area contributed by atoms with Crippen LogP contribution in [0.15, 0.2) is 102 Å². The van der Waals surface area contributed by atoms with Crippen molar-refractivity contribution < 1.29 is 9.53 Å². The molecular weight excluding hydrogens is 404 g/mol. The monoisotopic (exact) mass is 422 g/mol. The normalized spacial score (nSPS) is 10.7. The summed E-state index contributed by atoms with van der Waals surface area (Å²) < 4.78 is 5.83. The number of hydrogen-bond donors (Lipinski definition) is 1. The molecule has 0 bridgehead atoms. The van der Waals surface area contributed by atoms with Gasteiger partial charge in [-0.1, -0.05) is 48.5 Å². The standard InChI is InChI=1S/C26H18N2O2S/c29-25(21-11-10-18-6-4-5-7-20(18)16-21)28-26-27-24(17-31-26)19-12-14-23(15-13-19)30-22-8-2-1-3-9-22/h1-17H,(H,27,28,29). The molecule has 4 nitrogen and oxygen atoms in total. The molecule has 0 spiro atoms. The summed E-state index contributed by atoms with van der Waals surface area (Å²) in [5.74, 6) is 1.39. The number of fused-ring (bicyclic) bond motifs is 1. The molecule has 5 rings (SSSR count). The molecule has 1 aromatic heterocycles. The van der Waals surface area contributed by atoms with Crippen LogP contribution in [0.2, 0.25) is 0 Å². The zero-order valence-corrected chi connectivity index (χ0v) is 17.3. The van der Waals surface area contributed by atoms with Crippen LogP contribution in [0.1, 0.15) is 10.4 Å². The molecule has 0 fully saturated rings. The molecule has 0 aliphatic heterocycles. The molecule has 31 heavy (non-hydrogen) atoms. The Balaban J connectivity index is 1.28.